The highest BCUT2D eigenvalue weighted by Gasteiger charge is 2.31. The summed E-state index contributed by atoms with van der Waals surface area (Å²) in [6.45, 7) is 1.00. The normalized spacial score (nSPS) is 29.2. The second kappa shape index (κ2) is 3.39. The Morgan fingerprint density at radius 3 is 3.18 bits per heavy atom. The van der Waals surface area contributed by atoms with Gasteiger partial charge in [0.05, 0.1) is 12.7 Å². The smallest absolute Gasteiger partial charge is 0.0949 e. The number of hydrogen-bond acceptors (Lipinski definition) is 2. The van der Waals surface area contributed by atoms with Crippen LogP contribution >= 0.6 is 0 Å². The van der Waals surface area contributed by atoms with Crippen LogP contribution in [0.25, 0.3) is 0 Å². The van der Waals surface area contributed by atoms with Crippen LogP contribution in [0.4, 0.5) is 0 Å². The SMILES string of the molecule is C1=CC2=CN3CN(C=C4CCCC=C43)C2C=C1. The van der Waals surface area contributed by atoms with Crippen LogP contribution in [0.3, 0.4) is 0 Å². The van der Waals surface area contributed by atoms with Crippen LogP contribution in [0.15, 0.2) is 59.6 Å². The highest BCUT2D eigenvalue weighted by molar-refractivity contribution is 5.44. The van der Waals surface area contributed by atoms with Gasteiger partial charge >= 0.3 is 0 Å². The van der Waals surface area contributed by atoms with Gasteiger partial charge in [-0.3, -0.25) is 0 Å². The molecule has 0 aromatic carbocycles. The van der Waals surface area contributed by atoms with Crippen molar-refractivity contribution in [3.8, 4) is 0 Å². The Bertz CT molecular complexity index is 505. The van der Waals surface area contributed by atoms with E-state index in [2.05, 4.69) is 52.6 Å². The molecule has 17 heavy (non-hydrogen) atoms. The summed E-state index contributed by atoms with van der Waals surface area (Å²) in [5.41, 5.74) is 4.36. The fourth-order valence-electron chi connectivity index (χ4n) is 3.14. The van der Waals surface area contributed by atoms with Gasteiger partial charge in [0.15, 0.2) is 0 Å². The first kappa shape index (κ1) is 9.34. The van der Waals surface area contributed by atoms with E-state index >= 15 is 0 Å². The molecule has 0 aromatic rings. The van der Waals surface area contributed by atoms with Crippen LogP contribution in [-0.2, 0) is 0 Å². The Kier molecular flexibility index (Phi) is 1.87. The monoisotopic (exact) mass is 224 g/mol. The van der Waals surface area contributed by atoms with Crippen molar-refractivity contribution in [2.24, 2.45) is 0 Å². The van der Waals surface area contributed by atoms with Gasteiger partial charge in [-0.1, -0.05) is 30.4 Å². The predicted octanol–water partition coefficient (Wildman–Crippen LogP) is 2.91. The van der Waals surface area contributed by atoms with Crippen molar-refractivity contribution < 1.29 is 0 Å². The Hall–Kier alpha value is -1.70. The first-order valence-electron chi connectivity index (χ1n) is 6.42. The molecule has 4 rings (SSSR count). The number of fused-ring (bicyclic) bond motifs is 6. The van der Waals surface area contributed by atoms with Crippen LogP contribution < -0.4 is 0 Å². The lowest BCUT2D eigenvalue weighted by Gasteiger charge is -2.46. The molecule has 4 aliphatic rings. The molecule has 86 valence electrons. The third-order valence-electron chi connectivity index (χ3n) is 3.96. The molecular weight excluding hydrogens is 208 g/mol. The van der Waals surface area contributed by atoms with Crippen molar-refractivity contribution in [3.05, 3.63) is 59.6 Å². The first-order chi connectivity index (χ1) is 8.42. The average Bonchev–Trinajstić information content (AvgIpc) is 2.39. The van der Waals surface area contributed by atoms with Crippen molar-refractivity contribution >= 4 is 0 Å². The largest absolute Gasteiger partial charge is 0.349 e. The molecule has 0 spiro atoms. The maximum Gasteiger partial charge on any atom is 0.0949 e. The Balaban J connectivity index is 1.82. The maximum absolute atomic E-state index is 2.45. The maximum atomic E-state index is 2.45. The zero-order valence-electron chi connectivity index (χ0n) is 9.84. The van der Waals surface area contributed by atoms with Gasteiger partial charge < -0.3 is 9.80 Å². The Morgan fingerprint density at radius 1 is 1.18 bits per heavy atom. The summed E-state index contributed by atoms with van der Waals surface area (Å²) in [6.07, 6.45) is 19.7. The molecule has 0 fully saturated rings. The van der Waals surface area contributed by atoms with E-state index in [-0.39, 0.29) is 0 Å². The van der Waals surface area contributed by atoms with Crippen molar-refractivity contribution in [2.45, 2.75) is 25.3 Å². The summed E-state index contributed by atoms with van der Waals surface area (Å²) in [4.78, 5) is 4.86. The molecule has 2 aliphatic heterocycles. The molecule has 0 aromatic heterocycles. The highest BCUT2D eigenvalue weighted by Crippen LogP contribution is 2.36. The average molecular weight is 224 g/mol. The van der Waals surface area contributed by atoms with Gasteiger partial charge in [-0.15, -0.1) is 0 Å². The van der Waals surface area contributed by atoms with E-state index in [4.69, 9.17) is 0 Å². The van der Waals surface area contributed by atoms with Crippen molar-refractivity contribution in [3.63, 3.8) is 0 Å². The fraction of sp³-hybridized carbons (Fsp3) is 0.333. The highest BCUT2D eigenvalue weighted by atomic mass is 15.3. The Labute approximate surface area is 102 Å². The van der Waals surface area contributed by atoms with E-state index < -0.39 is 0 Å². The molecule has 0 saturated heterocycles. The van der Waals surface area contributed by atoms with Crippen LogP contribution in [0.2, 0.25) is 0 Å². The predicted molar refractivity (Wildman–Crippen MR) is 68.7 cm³/mol. The van der Waals surface area contributed by atoms with E-state index in [0.717, 1.165) is 6.67 Å². The molecule has 0 radical (unpaired) electrons. The number of rotatable bonds is 0. The van der Waals surface area contributed by atoms with Gasteiger partial charge in [-0.25, -0.2) is 0 Å². The topological polar surface area (TPSA) is 6.48 Å². The second-order valence-electron chi connectivity index (χ2n) is 5.08. The summed E-state index contributed by atoms with van der Waals surface area (Å²) in [6, 6.07) is 0.451. The molecule has 2 nitrogen and oxygen atoms in total. The minimum atomic E-state index is 0.451. The third kappa shape index (κ3) is 1.33. The lowest BCUT2D eigenvalue weighted by Crippen LogP contribution is -2.46. The number of hydrogen-bond donors (Lipinski definition) is 0. The molecule has 0 amide bonds. The van der Waals surface area contributed by atoms with Crippen molar-refractivity contribution in [2.75, 3.05) is 6.67 Å². The molecule has 0 N–H and O–H groups in total. The lowest BCUT2D eigenvalue weighted by molar-refractivity contribution is 0.202. The molecule has 2 heteroatoms. The second-order valence-corrected chi connectivity index (χ2v) is 5.08. The van der Waals surface area contributed by atoms with Gasteiger partial charge in [0.2, 0.25) is 0 Å². The van der Waals surface area contributed by atoms with Crippen LogP contribution in [0, 0.1) is 0 Å². The standard InChI is InChI=1S/C15H16N2/c1-3-7-14-12(5-1)9-16-11-17(14)10-13-6-2-4-8-15(13)16/h1,3,5,7-10,14H,2,4,6,11H2. The summed E-state index contributed by atoms with van der Waals surface area (Å²) in [5.74, 6) is 0. The van der Waals surface area contributed by atoms with E-state index in [1.54, 1.807) is 0 Å². The van der Waals surface area contributed by atoms with Crippen LogP contribution in [-0.4, -0.2) is 22.5 Å². The van der Waals surface area contributed by atoms with Gasteiger partial charge in [-0.05, 0) is 30.4 Å². The van der Waals surface area contributed by atoms with Crippen molar-refractivity contribution in [1.82, 2.24) is 9.80 Å². The van der Waals surface area contributed by atoms with Gasteiger partial charge in [-0.2, -0.15) is 0 Å². The molecule has 1 unspecified atom stereocenters. The lowest BCUT2D eigenvalue weighted by atomic mass is 9.92. The van der Waals surface area contributed by atoms with Crippen LogP contribution in [0.5, 0.6) is 0 Å². The summed E-state index contributed by atoms with van der Waals surface area (Å²) < 4.78 is 0. The van der Waals surface area contributed by atoms with Gasteiger partial charge in [0.25, 0.3) is 0 Å². The quantitative estimate of drug-likeness (QED) is 0.624. The van der Waals surface area contributed by atoms with Crippen LogP contribution in [0.1, 0.15) is 19.3 Å². The number of allylic oxidation sites excluding steroid dienone is 4. The minimum absolute atomic E-state index is 0.451. The van der Waals surface area contributed by atoms with E-state index in [1.165, 1.54) is 36.1 Å². The van der Waals surface area contributed by atoms with E-state index in [9.17, 15) is 0 Å². The van der Waals surface area contributed by atoms with E-state index in [0.29, 0.717) is 6.04 Å². The number of nitrogens with zero attached hydrogens (tertiary/aromatic N) is 2. The first-order valence-corrected chi connectivity index (χ1v) is 6.42. The molecule has 2 heterocycles. The molecular formula is C15H16N2. The van der Waals surface area contributed by atoms with E-state index in [1.807, 2.05) is 0 Å². The molecule has 2 bridgehead atoms. The molecule has 0 saturated carbocycles. The van der Waals surface area contributed by atoms with Crippen molar-refractivity contribution in [1.29, 1.82) is 0 Å². The summed E-state index contributed by atoms with van der Waals surface area (Å²) in [7, 11) is 0. The Morgan fingerprint density at radius 2 is 2.18 bits per heavy atom. The zero-order chi connectivity index (χ0) is 11.2. The molecule has 2 aliphatic carbocycles. The zero-order valence-corrected chi connectivity index (χ0v) is 9.84. The fourth-order valence-corrected chi connectivity index (χ4v) is 3.14. The van der Waals surface area contributed by atoms with Gasteiger partial charge in [0, 0.05) is 18.1 Å². The summed E-state index contributed by atoms with van der Waals surface area (Å²) in [5, 5.41) is 0. The molecule has 1 atom stereocenters. The summed E-state index contributed by atoms with van der Waals surface area (Å²) >= 11 is 0. The minimum Gasteiger partial charge on any atom is -0.349 e. The third-order valence-corrected chi connectivity index (χ3v) is 3.96. The van der Waals surface area contributed by atoms with Gasteiger partial charge in [0.1, 0.15) is 0 Å².